The van der Waals surface area contributed by atoms with E-state index in [4.69, 9.17) is 5.73 Å². The van der Waals surface area contributed by atoms with Crippen LogP contribution in [0.15, 0.2) is 47.4 Å². The van der Waals surface area contributed by atoms with Gasteiger partial charge in [-0.3, -0.25) is 4.79 Å². The van der Waals surface area contributed by atoms with Crippen molar-refractivity contribution in [3.05, 3.63) is 48.0 Å². The van der Waals surface area contributed by atoms with Crippen LogP contribution in [0, 0.1) is 0 Å². The molecule has 2 aromatic carbocycles. The van der Waals surface area contributed by atoms with Crippen molar-refractivity contribution >= 4 is 33.0 Å². The lowest BCUT2D eigenvalue weighted by Crippen LogP contribution is -2.30. The van der Waals surface area contributed by atoms with E-state index >= 15 is 0 Å². The third kappa shape index (κ3) is 4.99. The van der Waals surface area contributed by atoms with E-state index in [0.717, 1.165) is 5.56 Å². The van der Waals surface area contributed by atoms with Crippen molar-refractivity contribution in [2.75, 3.05) is 36.5 Å². The number of nitrogens with two attached hydrogens (primary N) is 1. The van der Waals surface area contributed by atoms with E-state index in [1.54, 1.807) is 51.2 Å². The summed E-state index contributed by atoms with van der Waals surface area (Å²) in [6.45, 7) is 4.34. The Morgan fingerprint density at radius 2 is 1.67 bits per heavy atom. The molecule has 0 saturated carbocycles. The number of carbonyl (C=O) groups excluding carboxylic acids is 1. The molecule has 0 saturated heterocycles. The molecule has 0 aromatic heterocycles. The summed E-state index contributed by atoms with van der Waals surface area (Å²) in [4.78, 5) is 12.6. The predicted octanol–water partition coefficient (Wildman–Crippen LogP) is 2.52. The number of nitrogens with zero attached hydrogens (tertiary/aromatic N) is 1. The van der Waals surface area contributed by atoms with Crippen molar-refractivity contribution in [3.63, 3.8) is 0 Å². The van der Waals surface area contributed by atoms with Gasteiger partial charge in [0.25, 0.3) is 0 Å². The molecule has 0 unspecified atom stereocenters. The van der Waals surface area contributed by atoms with Crippen LogP contribution in [0.5, 0.6) is 0 Å². The Bertz CT molecular complexity index is 892. The van der Waals surface area contributed by atoms with Crippen molar-refractivity contribution in [3.8, 4) is 0 Å². The molecule has 0 radical (unpaired) electrons. The van der Waals surface area contributed by atoms with Gasteiger partial charge in [-0.25, -0.2) is 8.42 Å². The van der Waals surface area contributed by atoms with Crippen LogP contribution >= 0.6 is 0 Å². The van der Waals surface area contributed by atoms with Crippen LogP contribution in [0.4, 0.5) is 17.1 Å². The number of hydrogen-bond donors (Lipinski definition) is 3. The van der Waals surface area contributed by atoms with Crippen LogP contribution in [-0.4, -0.2) is 38.8 Å². The Labute approximate surface area is 160 Å². The average molecular weight is 391 g/mol. The maximum Gasteiger partial charge on any atom is 0.243 e. The second kappa shape index (κ2) is 8.88. The lowest BCUT2D eigenvalue weighted by Gasteiger charge is -2.20. The van der Waals surface area contributed by atoms with Crippen LogP contribution in [0.25, 0.3) is 0 Å². The number of benzene rings is 2. The Balaban J connectivity index is 2.27. The molecule has 0 aliphatic carbocycles. The number of nitrogen functional groups attached to an aromatic ring is 1. The summed E-state index contributed by atoms with van der Waals surface area (Å²) < 4.78 is 26.8. The van der Waals surface area contributed by atoms with Gasteiger partial charge in [0.2, 0.25) is 15.9 Å². The average Bonchev–Trinajstić information content (AvgIpc) is 2.64. The zero-order chi connectivity index (χ0) is 20.0. The van der Waals surface area contributed by atoms with Crippen molar-refractivity contribution in [1.29, 1.82) is 0 Å². The minimum Gasteiger partial charge on any atom is -0.399 e. The third-order valence-electron chi connectivity index (χ3n) is 4.22. The monoisotopic (exact) mass is 390 g/mol. The second-order valence-corrected chi connectivity index (χ2v) is 7.95. The molecule has 7 nitrogen and oxygen atoms in total. The molecule has 1 amide bonds. The third-order valence-corrected chi connectivity index (χ3v) is 6.27. The van der Waals surface area contributed by atoms with Gasteiger partial charge in [0.05, 0.1) is 22.7 Å². The molecular weight excluding hydrogens is 364 g/mol. The number of anilines is 3. The van der Waals surface area contributed by atoms with Crippen molar-refractivity contribution in [2.24, 2.45) is 0 Å². The lowest BCUT2D eigenvalue weighted by atomic mass is 10.1. The Kier molecular flexibility index (Phi) is 6.81. The molecule has 0 heterocycles. The van der Waals surface area contributed by atoms with Gasteiger partial charge >= 0.3 is 0 Å². The fourth-order valence-corrected chi connectivity index (χ4v) is 4.22. The topological polar surface area (TPSA) is 105 Å². The van der Waals surface area contributed by atoms with E-state index in [9.17, 15) is 13.2 Å². The van der Waals surface area contributed by atoms with Crippen LogP contribution in [-0.2, 0) is 21.2 Å². The largest absolute Gasteiger partial charge is 0.399 e. The first-order chi connectivity index (χ1) is 12.8. The Hall–Kier alpha value is -2.58. The van der Waals surface area contributed by atoms with E-state index in [0.29, 0.717) is 30.2 Å². The summed E-state index contributed by atoms with van der Waals surface area (Å²) >= 11 is 0. The van der Waals surface area contributed by atoms with Gasteiger partial charge in [-0.05, 0) is 35.9 Å². The number of rotatable bonds is 8. The number of carbonyl (C=O) groups is 1. The molecule has 27 heavy (non-hydrogen) atoms. The minimum absolute atomic E-state index is 0.146. The SMILES string of the molecule is CCN(CC)S(=O)(=O)c1ccc(NC)c(NC(=O)Cc2ccc(N)cc2)c1. The van der Waals surface area contributed by atoms with Gasteiger partial charge in [-0.2, -0.15) is 4.31 Å². The Morgan fingerprint density at radius 3 is 2.22 bits per heavy atom. The smallest absolute Gasteiger partial charge is 0.243 e. The zero-order valence-electron chi connectivity index (χ0n) is 15.8. The molecule has 0 aliphatic rings. The van der Waals surface area contributed by atoms with Crippen molar-refractivity contribution < 1.29 is 13.2 Å². The highest BCUT2D eigenvalue weighted by molar-refractivity contribution is 7.89. The van der Waals surface area contributed by atoms with Crippen LogP contribution in [0.1, 0.15) is 19.4 Å². The fourth-order valence-electron chi connectivity index (χ4n) is 2.73. The first-order valence-electron chi connectivity index (χ1n) is 8.78. The van der Waals surface area contributed by atoms with E-state index < -0.39 is 10.0 Å². The maximum absolute atomic E-state index is 12.7. The number of hydrogen-bond acceptors (Lipinski definition) is 5. The molecule has 2 aromatic rings. The maximum atomic E-state index is 12.7. The highest BCUT2D eigenvalue weighted by atomic mass is 32.2. The summed E-state index contributed by atoms with van der Waals surface area (Å²) in [5.74, 6) is -0.242. The highest BCUT2D eigenvalue weighted by Crippen LogP contribution is 2.27. The first-order valence-corrected chi connectivity index (χ1v) is 10.2. The molecule has 0 bridgehead atoms. The normalized spacial score (nSPS) is 11.4. The lowest BCUT2D eigenvalue weighted by molar-refractivity contribution is -0.115. The van der Waals surface area contributed by atoms with Crippen molar-refractivity contribution in [1.82, 2.24) is 4.31 Å². The van der Waals surface area contributed by atoms with Gasteiger partial charge in [0, 0.05) is 25.8 Å². The van der Waals surface area contributed by atoms with Gasteiger partial charge in [-0.15, -0.1) is 0 Å². The molecule has 0 atom stereocenters. The molecule has 146 valence electrons. The predicted molar refractivity (Wildman–Crippen MR) is 109 cm³/mol. The van der Waals surface area contributed by atoms with Gasteiger partial charge in [0.15, 0.2) is 0 Å². The summed E-state index contributed by atoms with van der Waals surface area (Å²) in [6.07, 6.45) is 0.163. The van der Waals surface area contributed by atoms with Gasteiger partial charge < -0.3 is 16.4 Å². The second-order valence-electron chi connectivity index (χ2n) is 6.01. The fraction of sp³-hybridized carbons (Fsp3) is 0.316. The standard InChI is InChI=1S/C19H26N4O3S/c1-4-23(5-2)27(25,26)16-10-11-17(21-3)18(13-16)22-19(24)12-14-6-8-15(20)9-7-14/h6-11,13,21H,4-5,12,20H2,1-3H3,(H,22,24). The van der Waals surface area contributed by atoms with Gasteiger partial charge in [0.1, 0.15) is 0 Å². The molecule has 4 N–H and O–H groups in total. The summed E-state index contributed by atoms with van der Waals surface area (Å²) in [5.41, 5.74) is 8.16. The van der Waals surface area contributed by atoms with E-state index in [2.05, 4.69) is 10.6 Å². The molecule has 2 rings (SSSR count). The number of sulfonamides is 1. The summed E-state index contributed by atoms with van der Waals surface area (Å²) in [6, 6.07) is 11.7. The summed E-state index contributed by atoms with van der Waals surface area (Å²) in [7, 11) is -1.90. The van der Waals surface area contributed by atoms with E-state index in [1.165, 1.54) is 16.4 Å². The molecule has 8 heteroatoms. The van der Waals surface area contributed by atoms with Crippen molar-refractivity contribution in [2.45, 2.75) is 25.2 Å². The molecule has 0 spiro atoms. The van der Waals surface area contributed by atoms with Gasteiger partial charge in [-0.1, -0.05) is 26.0 Å². The van der Waals surface area contributed by atoms with E-state index in [1.807, 2.05) is 0 Å². The molecule has 0 fully saturated rings. The zero-order valence-corrected chi connectivity index (χ0v) is 16.6. The van der Waals surface area contributed by atoms with Crippen LogP contribution in [0.3, 0.4) is 0 Å². The van der Waals surface area contributed by atoms with Crippen LogP contribution in [0.2, 0.25) is 0 Å². The minimum atomic E-state index is -3.61. The number of nitrogens with one attached hydrogen (secondary N) is 2. The van der Waals surface area contributed by atoms with Crippen LogP contribution < -0.4 is 16.4 Å². The van der Waals surface area contributed by atoms with E-state index in [-0.39, 0.29) is 17.2 Å². The highest BCUT2D eigenvalue weighted by Gasteiger charge is 2.23. The first kappa shape index (κ1) is 20.7. The molecular formula is C19H26N4O3S. The quantitative estimate of drug-likeness (QED) is 0.601. The Morgan fingerprint density at radius 1 is 1.04 bits per heavy atom. The number of amides is 1. The summed E-state index contributed by atoms with van der Waals surface area (Å²) in [5, 5.41) is 5.76. The molecule has 0 aliphatic heterocycles.